The number of thiazole rings is 1. The van der Waals surface area contributed by atoms with Gasteiger partial charge in [0, 0.05) is 16.5 Å². The SMILES string of the molecule is O=C(COc1ccc(C2c3sc(=O)[nH]c3SC3C(=O)N(c4cccc(C(F)(F)F)c4)C(=O)C32)cc1)Nc1ccc(O)cc1. The Balaban J connectivity index is 1.25. The topological polar surface area (TPSA) is 129 Å². The predicted octanol–water partition coefficient (Wildman–Crippen LogP) is 4.97. The summed E-state index contributed by atoms with van der Waals surface area (Å²) in [7, 11) is 0. The van der Waals surface area contributed by atoms with Crippen LogP contribution in [0.4, 0.5) is 24.5 Å². The molecule has 0 spiro atoms. The van der Waals surface area contributed by atoms with Crippen molar-refractivity contribution in [3.8, 4) is 11.5 Å². The van der Waals surface area contributed by atoms with E-state index in [1.165, 1.54) is 30.3 Å². The Kier molecular flexibility index (Phi) is 7.26. The predicted molar refractivity (Wildman–Crippen MR) is 153 cm³/mol. The zero-order valence-corrected chi connectivity index (χ0v) is 23.4. The van der Waals surface area contributed by atoms with E-state index in [-0.39, 0.29) is 22.9 Å². The third-order valence-corrected chi connectivity index (χ3v) is 9.42. The number of alkyl halides is 3. The molecule has 220 valence electrons. The van der Waals surface area contributed by atoms with Crippen molar-refractivity contribution in [1.29, 1.82) is 0 Å². The molecular formula is C29H20F3N3O6S2. The third-order valence-electron chi connectivity index (χ3n) is 7.02. The van der Waals surface area contributed by atoms with Gasteiger partial charge in [0.2, 0.25) is 11.8 Å². The van der Waals surface area contributed by atoms with Crippen molar-refractivity contribution in [2.75, 3.05) is 16.8 Å². The summed E-state index contributed by atoms with van der Waals surface area (Å²) in [4.78, 5) is 55.5. The Bertz CT molecular complexity index is 1790. The van der Waals surface area contributed by atoms with Crippen LogP contribution in [0.15, 0.2) is 82.6 Å². The van der Waals surface area contributed by atoms with Gasteiger partial charge < -0.3 is 20.1 Å². The van der Waals surface area contributed by atoms with Crippen molar-refractivity contribution in [3.05, 3.63) is 98.5 Å². The van der Waals surface area contributed by atoms with Crippen LogP contribution in [-0.2, 0) is 20.6 Å². The second-order valence-corrected chi connectivity index (χ2v) is 11.9. The van der Waals surface area contributed by atoms with Gasteiger partial charge in [0.25, 0.3) is 5.91 Å². The van der Waals surface area contributed by atoms with Gasteiger partial charge in [-0.15, -0.1) is 0 Å². The fourth-order valence-corrected chi connectivity index (χ4v) is 7.63. The zero-order chi connectivity index (χ0) is 30.5. The van der Waals surface area contributed by atoms with Crippen LogP contribution in [0.1, 0.15) is 21.9 Å². The first-order chi connectivity index (χ1) is 20.5. The second-order valence-electron chi connectivity index (χ2n) is 9.76. The van der Waals surface area contributed by atoms with Gasteiger partial charge in [-0.25, -0.2) is 4.90 Å². The van der Waals surface area contributed by atoms with Crippen LogP contribution in [0.3, 0.4) is 0 Å². The van der Waals surface area contributed by atoms with Gasteiger partial charge in [0.1, 0.15) is 16.7 Å². The Morgan fingerprint density at radius 2 is 1.72 bits per heavy atom. The lowest BCUT2D eigenvalue weighted by Crippen LogP contribution is -2.32. The Morgan fingerprint density at radius 1 is 1.00 bits per heavy atom. The normalized spacial score (nSPS) is 19.6. The number of halogens is 3. The summed E-state index contributed by atoms with van der Waals surface area (Å²) in [6.45, 7) is -0.312. The van der Waals surface area contributed by atoms with Gasteiger partial charge in [-0.1, -0.05) is 41.3 Å². The number of rotatable bonds is 6. The molecule has 6 rings (SSSR count). The molecule has 3 heterocycles. The van der Waals surface area contributed by atoms with Crippen LogP contribution in [0.2, 0.25) is 0 Å². The number of aromatic nitrogens is 1. The number of thioether (sulfide) groups is 1. The number of fused-ring (bicyclic) bond motifs is 2. The van der Waals surface area contributed by atoms with E-state index in [9.17, 15) is 37.5 Å². The first-order valence-electron chi connectivity index (χ1n) is 12.8. The molecule has 3 N–H and O–H groups in total. The number of ether oxygens (including phenoxy) is 1. The molecule has 9 nitrogen and oxygen atoms in total. The van der Waals surface area contributed by atoms with Crippen molar-refractivity contribution < 1.29 is 37.4 Å². The molecule has 14 heteroatoms. The van der Waals surface area contributed by atoms with Gasteiger partial charge in [-0.2, -0.15) is 13.2 Å². The number of nitrogens with one attached hydrogen (secondary N) is 2. The summed E-state index contributed by atoms with van der Waals surface area (Å²) in [5, 5.41) is 11.5. The number of phenolic OH excluding ortho intramolecular Hbond substituents is 1. The monoisotopic (exact) mass is 627 g/mol. The number of phenols is 1. The molecule has 2 aliphatic rings. The lowest BCUT2D eigenvalue weighted by molar-refractivity contribution is -0.137. The summed E-state index contributed by atoms with van der Waals surface area (Å²) < 4.78 is 45.7. The van der Waals surface area contributed by atoms with Gasteiger partial charge in [-0.05, 0) is 60.2 Å². The van der Waals surface area contributed by atoms with E-state index < -0.39 is 46.5 Å². The van der Waals surface area contributed by atoms with E-state index in [4.69, 9.17) is 4.74 Å². The molecule has 4 aromatic rings. The number of aromatic hydroxyl groups is 1. The van der Waals surface area contributed by atoms with Gasteiger partial charge in [-0.3, -0.25) is 19.2 Å². The highest BCUT2D eigenvalue weighted by molar-refractivity contribution is 8.00. The number of carbonyl (C=O) groups is 3. The lowest BCUT2D eigenvalue weighted by atomic mass is 9.83. The number of carbonyl (C=O) groups excluding carboxylic acids is 3. The standard InChI is InChI=1S/C29H20F3N3O6S2/c30-29(31,32)15-2-1-3-17(12-15)35-26(38)22-21(23-25(34-28(40)43-23)42-24(22)27(35)39)14-4-10-19(11-5-14)41-13-20(37)33-16-6-8-18(36)9-7-16/h1-12,21-22,24,36H,13H2,(H,33,37)(H,34,40). The minimum absolute atomic E-state index is 0.0586. The summed E-state index contributed by atoms with van der Waals surface area (Å²) in [6.07, 6.45) is -4.66. The molecular weight excluding hydrogens is 607 g/mol. The Hall–Kier alpha value is -4.56. The van der Waals surface area contributed by atoms with E-state index in [1.807, 2.05) is 0 Å². The minimum Gasteiger partial charge on any atom is -0.508 e. The van der Waals surface area contributed by atoms with Crippen LogP contribution >= 0.6 is 23.1 Å². The maximum absolute atomic E-state index is 13.8. The van der Waals surface area contributed by atoms with Crippen molar-refractivity contribution in [2.45, 2.75) is 22.4 Å². The van der Waals surface area contributed by atoms with Crippen molar-refractivity contribution in [3.63, 3.8) is 0 Å². The molecule has 0 saturated carbocycles. The highest BCUT2D eigenvalue weighted by Gasteiger charge is 2.56. The molecule has 0 bridgehead atoms. The second kappa shape index (κ2) is 10.9. The maximum Gasteiger partial charge on any atom is 0.416 e. The number of nitrogens with zero attached hydrogens (tertiary/aromatic N) is 1. The average Bonchev–Trinajstić information content (AvgIpc) is 3.47. The van der Waals surface area contributed by atoms with Crippen molar-refractivity contribution in [1.82, 2.24) is 4.98 Å². The molecule has 3 atom stereocenters. The van der Waals surface area contributed by atoms with Crippen LogP contribution < -0.4 is 19.8 Å². The van der Waals surface area contributed by atoms with Gasteiger partial charge in [0.05, 0.1) is 22.2 Å². The quantitative estimate of drug-likeness (QED) is 0.203. The van der Waals surface area contributed by atoms with Crippen LogP contribution in [0.25, 0.3) is 0 Å². The smallest absolute Gasteiger partial charge is 0.416 e. The number of H-pyrrole nitrogens is 1. The first-order valence-corrected chi connectivity index (χ1v) is 14.5. The molecule has 1 aromatic heterocycles. The lowest BCUT2D eigenvalue weighted by Gasteiger charge is -2.29. The molecule has 0 aliphatic carbocycles. The Morgan fingerprint density at radius 3 is 2.42 bits per heavy atom. The molecule has 3 unspecified atom stereocenters. The number of imide groups is 1. The molecule has 1 fully saturated rings. The fraction of sp³-hybridized carbons (Fsp3) is 0.172. The summed E-state index contributed by atoms with van der Waals surface area (Å²) >= 11 is 1.93. The van der Waals surface area contributed by atoms with Crippen LogP contribution in [0.5, 0.6) is 11.5 Å². The largest absolute Gasteiger partial charge is 0.508 e. The number of hydrogen-bond donors (Lipinski definition) is 3. The van der Waals surface area contributed by atoms with Gasteiger partial charge >= 0.3 is 11.0 Å². The number of hydrogen-bond acceptors (Lipinski definition) is 8. The Labute approximate surface area is 249 Å². The summed E-state index contributed by atoms with van der Waals surface area (Å²) in [5.74, 6) is -3.07. The van der Waals surface area contributed by atoms with E-state index in [0.717, 1.165) is 46.2 Å². The number of amides is 3. The van der Waals surface area contributed by atoms with E-state index in [0.29, 0.717) is 26.9 Å². The number of anilines is 2. The van der Waals surface area contributed by atoms with Crippen molar-refractivity contribution >= 4 is 52.2 Å². The molecule has 43 heavy (non-hydrogen) atoms. The highest BCUT2D eigenvalue weighted by atomic mass is 32.2. The molecule has 0 radical (unpaired) electrons. The van der Waals surface area contributed by atoms with E-state index in [2.05, 4.69) is 10.3 Å². The van der Waals surface area contributed by atoms with Gasteiger partial charge in [0.15, 0.2) is 6.61 Å². The molecule has 3 amide bonds. The van der Waals surface area contributed by atoms with Crippen molar-refractivity contribution in [2.24, 2.45) is 5.92 Å². The first kappa shape index (κ1) is 28.6. The summed E-state index contributed by atoms with van der Waals surface area (Å²) in [6, 6.07) is 16.5. The summed E-state index contributed by atoms with van der Waals surface area (Å²) in [5.41, 5.74) is -0.104. The fourth-order valence-electron chi connectivity index (χ4n) is 5.11. The molecule has 3 aromatic carbocycles. The van der Waals surface area contributed by atoms with Crippen LogP contribution in [-0.4, -0.2) is 39.7 Å². The number of benzene rings is 3. The zero-order valence-electron chi connectivity index (χ0n) is 21.8. The van der Waals surface area contributed by atoms with Crippen LogP contribution in [0, 0.1) is 5.92 Å². The molecule has 1 saturated heterocycles. The van der Waals surface area contributed by atoms with E-state index >= 15 is 0 Å². The molecule has 2 aliphatic heterocycles. The number of aromatic amines is 1. The maximum atomic E-state index is 13.8. The third kappa shape index (κ3) is 5.50. The highest BCUT2D eigenvalue weighted by Crippen LogP contribution is 2.53. The van der Waals surface area contributed by atoms with E-state index in [1.54, 1.807) is 24.3 Å². The average molecular weight is 628 g/mol. The minimum atomic E-state index is -4.66.